The van der Waals surface area contributed by atoms with Gasteiger partial charge in [-0.15, -0.1) is 0 Å². The fraction of sp³-hybridized carbons (Fsp3) is 0.146. The van der Waals surface area contributed by atoms with Crippen LogP contribution in [0.3, 0.4) is 0 Å². The molecule has 55 heavy (non-hydrogen) atoms. The van der Waals surface area contributed by atoms with Gasteiger partial charge in [-0.3, -0.25) is 0 Å². The Labute approximate surface area is 327 Å². The number of aromatic nitrogens is 4. The Hall–Kier alpha value is -5.57. The first-order valence-corrected chi connectivity index (χ1v) is 27.0. The molecule has 0 radical (unpaired) electrons. The van der Waals surface area contributed by atoms with Crippen LogP contribution in [0, 0.1) is 0 Å². The van der Waals surface area contributed by atoms with Crippen molar-refractivity contribution in [1.29, 1.82) is 0 Å². The zero-order valence-corrected chi connectivity index (χ0v) is 34.7. The molecule has 1 aliphatic heterocycles. The summed E-state index contributed by atoms with van der Waals surface area (Å²) in [4.78, 5) is 16.1. The molecule has 1 aliphatic rings. The first-order valence-electron chi connectivity index (χ1n) is 18.9. The van der Waals surface area contributed by atoms with Crippen molar-refractivity contribution in [3.8, 4) is 62.1 Å². The normalized spacial score (nSPS) is 12.7. The van der Waals surface area contributed by atoms with E-state index in [2.05, 4.69) is 170 Å². The summed E-state index contributed by atoms with van der Waals surface area (Å²) in [6.45, 7) is 6.79. The summed E-state index contributed by atoms with van der Waals surface area (Å²) in [5.41, 5.74) is 12.7. The number of nitrogens with zero attached hydrogens (tertiary/aromatic N) is 4. The summed E-state index contributed by atoms with van der Waals surface area (Å²) in [6, 6.07) is 45.3. The van der Waals surface area contributed by atoms with E-state index < -0.39 is 13.3 Å². The predicted molar refractivity (Wildman–Crippen MR) is 233 cm³/mol. The Bertz CT molecular complexity index is 2980. The molecule has 10 rings (SSSR count). The van der Waals surface area contributed by atoms with Crippen molar-refractivity contribution in [3.05, 3.63) is 139 Å². The van der Waals surface area contributed by atoms with Crippen molar-refractivity contribution >= 4 is 60.5 Å². The van der Waals surface area contributed by atoms with Gasteiger partial charge in [0.2, 0.25) is 0 Å². The van der Waals surface area contributed by atoms with E-state index in [0.717, 1.165) is 94.1 Å². The summed E-state index contributed by atoms with van der Waals surface area (Å²) >= 11 is -0.574. The van der Waals surface area contributed by atoms with Crippen LogP contribution in [-0.4, -0.2) is 32.8 Å². The van der Waals surface area contributed by atoms with Gasteiger partial charge in [0.15, 0.2) is 0 Å². The standard InChI is InChI=1S/C48H40GeN4OS/c1-48(2,3)32-19-12-18-31(27-32)46-51-41-34(21-14-23-38(41)53(46)37-22-11-10-20-33(37)29-15-8-7-9-16-29)35-28-36-42-40-30(25-26-50-42)17-13-24-39(40)54-44(36)45-43(35)52-47(55-45)49(4,5)6/h7-28H,1-6H3. The molecule has 0 atom stereocenters. The SMILES string of the molecule is CC(C)(C)c1cccc(-c2nc3c(-c4cc5c(c6s[c]([Ge]([CH3])([CH3])[CH3])nc46)Oc4cccc6ccnc-5c46)cccc3n2-c2ccccc2-c2ccccc2)c1. The van der Waals surface area contributed by atoms with Crippen LogP contribution in [-0.2, 0) is 5.41 Å². The second kappa shape index (κ2) is 12.5. The second-order valence-electron chi connectivity index (χ2n) is 16.5. The van der Waals surface area contributed by atoms with Crippen LogP contribution in [0.25, 0.3) is 82.6 Å². The number of pyridine rings is 1. The van der Waals surface area contributed by atoms with E-state index in [4.69, 9.17) is 19.7 Å². The molecule has 268 valence electrons. The van der Waals surface area contributed by atoms with Crippen LogP contribution >= 0.6 is 11.3 Å². The fourth-order valence-corrected chi connectivity index (χ4v) is 12.5. The second-order valence-corrected chi connectivity index (χ2v) is 28.7. The number of para-hydroxylation sites is 2. The average Bonchev–Trinajstić information content (AvgIpc) is 3.82. The quantitative estimate of drug-likeness (QED) is 0.163. The molecule has 3 aromatic heterocycles. The number of fused-ring (bicyclic) bond motifs is 5. The molecule has 0 fully saturated rings. The third-order valence-electron chi connectivity index (χ3n) is 10.7. The molecule has 0 amide bonds. The van der Waals surface area contributed by atoms with Gasteiger partial charge in [0, 0.05) is 0 Å². The Morgan fingerprint density at radius 3 is 2.22 bits per heavy atom. The van der Waals surface area contributed by atoms with Crippen molar-refractivity contribution in [3.63, 3.8) is 0 Å². The fourth-order valence-electron chi connectivity index (χ4n) is 7.87. The van der Waals surface area contributed by atoms with E-state index in [1.807, 2.05) is 6.20 Å². The minimum atomic E-state index is -2.37. The Morgan fingerprint density at radius 1 is 0.655 bits per heavy atom. The molecular weight excluding hydrogens is 753 g/mol. The average molecular weight is 794 g/mol. The van der Waals surface area contributed by atoms with Crippen LogP contribution in [0.4, 0.5) is 0 Å². The predicted octanol–water partition coefficient (Wildman–Crippen LogP) is 12.8. The van der Waals surface area contributed by atoms with E-state index in [1.165, 1.54) is 9.40 Å². The van der Waals surface area contributed by atoms with E-state index in [-0.39, 0.29) is 5.41 Å². The van der Waals surface area contributed by atoms with E-state index in [1.54, 1.807) is 11.3 Å². The maximum absolute atomic E-state index is 6.83. The van der Waals surface area contributed by atoms with E-state index in [9.17, 15) is 0 Å². The molecule has 0 bridgehead atoms. The number of hydrogen-bond donors (Lipinski definition) is 0. The molecule has 0 N–H and O–H groups in total. The third kappa shape index (κ3) is 5.53. The summed E-state index contributed by atoms with van der Waals surface area (Å²) < 4.78 is 11.5. The number of hydrogen-bond acceptors (Lipinski definition) is 5. The molecule has 9 aromatic rings. The van der Waals surface area contributed by atoms with Crippen LogP contribution in [0.5, 0.6) is 11.5 Å². The van der Waals surface area contributed by atoms with Gasteiger partial charge in [0.25, 0.3) is 0 Å². The molecule has 5 nitrogen and oxygen atoms in total. The molecule has 0 unspecified atom stereocenters. The molecule has 0 aliphatic carbocycles. The number of ether oxygens (including phenoxy) is 1. The van der Waals surface area contributed by atoms with Crippen molar-refractivity contribution in [2.75, 3.05) is 0 Å². The van der Waals surface area contributed by atoms with Crippen LogP contribution in [0.15, 0.2) is 134 Å². The number of rotatable bonds is 5. The monoisotopic (exact) mass is 794 g/mol. The summed E-state index contributed by atoms with van der Waals surface area (Å²) in [5, 5.41) is 2.16. The van der Waals surface area contributed by atoms with Gasteiger partial charge in [0.05, 0.1) is 0 Å². The van der Waals surface area contributed by atoms with Gasteiger partial charge in [0.1, 0.15) is 0 Å². The zero-order chi connectivity index (χ0) is 37.6. The molecular formula is C48H40GeN4OS. The van der Waals surface area contributed by atoms with Gasteiger partial charge in [-0.1, -0.05) is 39.0 Å². The van der Waals surface area contributed by atoms with Crippen molar-refractivity contribution in [2.45, 2.75) is 43.5 Å². The van der Waals surface area contributed by atoms with Crippen molar-refractivity contribution in [2.24, 2.45) is 0 Å². The zero-order valence-electron chi connectivity index (χ0n) is 31.8. The Kier molecular flexibility index (Phi) is 7.71. The molecule has 0 saturated heterocycles. The van der Waals surface area contributed by atoms with Gasteiger partial charge < -0.3 is 0 Å². The minimum absolute atomic E-state index is 0.0217. The summed E-state index contributed by atoms with van der Waals surface area (Å²) in [6.07, 6.45) is 1.91. The molecule has 0 spiro atoms. The van der Waals surface area contributed by atoms with Crippen molar-refractivity contribution in [1.82, 2.24) is 19.5 Å². The summed E-state index contributed by atoms with van der Waals surface area (Å²) in [7, 11) is 0. The number of benzene rings is 6. The van der Waals surface area contributed by atoms with Crippen LogP contribution < -0.4 is 8.58 Å². The molecule has 6 aromatic carbocycles. The first-order chi connectivity index (χ1) is 26.5. The third-order valence-corrected chi connectivity index (χ3v) is 18.3. The number of imidazole rings is 1. The summed E-state index contributed by atoms with van der Waals surface area (Å²) in [5.74, 6) is 9.82. The van der Waals surface area contributed by atoms with Gasteiger partial charge in [-0.25, -0.2) is 0 Å². The van der Waals surface area contributed by atoms with E-state index >= 15 is 0 Å². The number of thiazole rings is 1. The Balaban J connectivity index is 1.30. The topological polar surface area (TPSA) is 52.8 Å². The molecule has 4 heterocycles. The van der Waals surface area contributed by atoms with Crippen LogP contribution in [0.1, 0.15) is 26.3 Å². The van der Waals surface area contributed by atoms with E-state index in [0.29, 0.717) is 0 Å². The van der Waals surface area contributed by atoms with Crippen molar-refractivity contribution < 1.29 is 4.74 Å². The van der Waals surface area contributed by atoms with Gasteiger partial charge in [-0.05, 0) is 0 Å². The maximum atomic E-state index is 6.83. The molecule has 7 heteroatoms. The molecule has 0 saturated carbocycles. The van der Waals surface area contributed by atoms with Gasteiger partial charge in [-0.2, -0.15) is 0 Å². The first kappa shape index (κ1) is 34.0. The van der Waals surface area contributed by atoms with Gasteiger partial charge >= 0.3 is 290 Å². The Morgan fingerprint density at radius 2 is 1.40 bits per heavy atom. The van der Waals surface area contributed by atoms with Crippen LogP contribution in [0.2, 0.25) is 17.3 Å².